The van der Waals surface area contributed by atoms with Crippen LogP contribution in [0.1, 0.15) is 21.7 Å². The molecule has 0 aliphatic carbocycles. The number of hydrogen-bond acceptors (Lipinski definition) is 6. The van der Waals surface area contributed by atoms with Crippen LogP contribution in [0.3, 0.4) is 0 Å². The Morgan fingerprint density at radius 3 is 2.76 bits per heavy atom. The minimum Gasteiger partial charge on any atom is -0.486 e. The number of halogens is 3. The van der Waals surface area contributed by atoms with Gasteiger partial charge >= 0.3 is 5.91 Å². The summed E-state index contributed by atoms with van der Waals surface area (Å²) >= 11 is 9.67. The number of amides is 1. The number of furan rings is 1. The molecule has 0 unspecified atom stereocenters. The molecule has 0 aliphatic heterocycles. The lowest BCUT2D eigenvalue weighted by Gasteiger charge is -2.11. The summed E-state index contributed by atoms with van der Waals surface area (Å²) in [4.78, 5) is 22.7. The minimum absolute atomic E-state index is 0.00482. The molecule has 4 aromatic rings. The summed E-state index contributed by atoms with van der Waals surface area (Å²) in [6, 6.07) is 14.9. The van der Waals surface area contributed by atoms with E-state index in [-0.39, 0.29) is 28.9 Å². The van der Waals surface area contributed by atoms with Gasteiger partial charge in [0.05, 0.1) is 20.6 Å². The lowest BCUT2D eigenvalue weighted by atomic mass is 10.2. The topological polar surface area (TPSA) is 107 Å². The predicted octanol–water partition coefficient (Wildman–Crippen LogP) is 6.24. The second-order valence-corrected chi connectivity index (χ2v) is 8.24. The maximum absolute atomic E-state index is 13.8. The molecule has 0 radical (unpaired) electrons. The molecule has 1 amide bonds. The number of hydrazone groups is 1. The Hall–Kier alpha value is -3.76. The zero-order valence-corrected chi connectivity index (χ0v) is 19.5. The van der Waals surface area contributed by atoms with Gasteiger partial charge in [-0.1, -0.05) is 29.8 Å². The van der Waals surface area contributed by atoms with Crippen molar-refractivity contribution in [2.45, 2.75) is 6.61 Å². The summed E-state index contributed by atoms with van der Waals surface area (Å²) in [7, 11) is 0. The van der Waals surface area contributed by atoms with Crippen molar-refractivity contribution in [2.24, 2.45) is 5.10 Å². The summed E-state index contributed by atoms with van der Waals surface area (Å²) in [6.45, 7) is -0.00482. The van der Waals surface area contributed by atoms with E-state index in [4.69, 9.17) is 20.8 Å². The van der Waals surface area contributed by atoms with Crippen LogP contribution in [0.2, 0.25) is 5.02 Å². The molecule has 1 aromatic heterocycles. The molecule has 172 valence electrons. The fraction of sp³-hybridized carbons (Fsp3) is 0.0435. The number of non-ortho nitro benzene ring substituents is 1. The van der Waals surface area contributed by atoms with Gasteiger partial charge in [-0.15, -0.1) is 0 Å². The van der Waals surface area contributed by atoms with E-state index in [1.807, 2.05) is 0 Å². The normalized spacial score (nSPS) is 11.1. The monoisotopic (exact) mass is 545 g/mol. The lowest BCUT2D eigenvalue weighted by Crippen LogP contribution is -2.16. The van der Waals surface area contributed by atoms with E-state index in [1.165, 1.54) is 36.5 Å². The molecule has 8 nitrogen and oxygen atoms in total. The molecule has 0 fully saturated rings. The van der Waals surface area contributed by atoms with Crippen molar-refractivity contribution in [2.75, 3.05) is 0 Å². The smallest absolute Gasteiger partial charge is 0.307 e. The highest BCUT2D eigenvalue weighted by molar-refractivity contribution is 9.10. The number of rotatable bonds is 7. The molecule has 11 heteroatoms. The van der Waals surface area contributed by atoms with Gasteiger partial charge in [0.1, 0.15) is 18.0 Å². The maximum Gasteiger partial charge on any atom is 0.307 e. The van der Waals surface area contributed by atoms with E-state index in [2.05, 4.69) is 26.5 Å². The molecule has 0 spiro atoms. The number of nitro benzene ring substituents is 1. The van der Waals surface area contributed by atoms with E-state index >= 15 is 0 Å². The fourth-order valence-electron chi connectivity index (χ4n) is 3.03. The van der Waals surface area contributed by atoms with Gasteiger partial charge in [-0.3, -0.25) is 14.9 Å². The Bertz CT molecular complexity index is 1420. The third-order valence-corrected chi connectivity index (χ3v) is 5.53. The number of benzene rings is 3. The molecule has 34 heavy (non-hydrogen) atoms. The molecule has 4 rings (SSSR count). The number of nitro groups is 1. The molecular weight excluding hydrogens is 533 g/mol. The second-order valence-electron chi connectivity index (χ2n) is 6.98. The largest absolute Gasteiger partial charge is 0.486 e. The molecule has 0 bridgehead atoms. The minimum atomic E-state index is -0.634. The van der Waals surface area contributed by atoms with E-state index in [0.29, 0.717) is 32.3 Å². The number of carbonyl (C=O) groups is 1. The van der Waals surface area contributed by atoms with Gasteiger partial charge in [0.2, 0.25) is 0 Å². The first-order valence-corrected chi connectivity index (χ1v) is 10.9. The highest BCUT2D eigenvalue weighted by Gasteiger charge is 2.15. The van der Waals surface area contributed by atoms with Gasteiger partial charge in [0, 0.05) is 23.1 Å². The van der Waals surface area contributed by atoms with Gasteiger partial charge in [-0.25, -0.2) is 9.82 Å². The Morgan fingerprint density at radius 2 is 2.03 bits per heavy atom. The average Bonchev–Trinajstić information content (AvgIpc) is 3.23. The van der Waals surface area contributed by atoms with Crippen molar-refractivity contribution in [1.82, 2.24) is 5.43 Å². The first-order valence-electron chi connectivity index (χ1n) is 9.68. The highest BCUT2D eigenvalue weighted by atomic mass is 79.9. The van der Waals surface area contributed by atoms with Crippen LogP contribution in [0.15, 0.2) is 74.7 Å². The van der Waals surface area contributed by atoms with Crippen LogP contribution in [0.25, 0.3) is 11.0 Å². The van der Waals surface area contributed by atoms with Crippen molar-refractivity contribution in [1.29, 1.82) is 0 Å². The van der Waals surface area contributed by atoms with Gasteiger partial charge in [0.15, 0.2) is 11.5 Å². The van der Waals surface area contributed by atoms with Crippen molar-refractivity contribution in [3.63, 3.8) is 0 Å². The molecule has 0 atom stereocenters. The molecule has 1 heterocycles. The second kappa shape index (κ2) is 10.0. The van der Waals surface area contributed by atoms with Crippen LogP contribution >= 0.6 is 27.5 Å². The third-order valence-electron chi connectivity index (χ3n) is 4.66. The maximum atomic E-state index is 13.8. The summed E-state index contributed by atoms with van der Waals surface area (Å²) in [5.41, 5.74) is 3.49. The van der Waals surface area contributed by atoms with Crippen molar-refractivity contribution >= 4 is 56.3 Å². The quantitative estimate of drug-likeness (QED) is 0.168. The van der Waals surface area contributed by atoms with Gasteiger partial charge in [-0.2, -0.15) is 5.10 Å². The third kappa shape index (κ3) is 5.24. The zero-order valence-electron chi connectivity index (χ0n) is 17.1. The van der Waals surface area contributed by atoms with E-state index in [1.54, 1.807) is 30.3 Å². The van der Waals surface area contributed by atoms with E-state index in [0.717, 1.165) is 0 Å². The molecule has 0 aliphatic rings. The first-order chi connectivity index (χ1) is 16.3. The Kier molecular flexibility index (Phi) is 6.90. The number of fused-ring (bicyclic) bond motifs is 1. The highest BCUT2D eigenvalue weighted by Crippen LogP contribution is 2.35. The van der Waals surface area contributed by atoms with Crippen LogP contribution in [0.4, 0.5) is 10.1 Å². The van der Waals surface area contributed by atoms with Crippen molar-refractivity contribution in [3.05, 3.63) is 103 Å². The van der Waals surface area contributed by atoms with Gasteiger partial charge < -0.3 is 9.15 Å². The zero-order chi connectivity index (χ0) is 24.2. The van der Waals surface area contributed by atoms with Crippen LogP contribution in [0, 0.1) is 15.9 Å². The van der Waals surface area contributed by atoms with E-state index < -0.39 is 10.8 Å². The number of ether oxygens (including phenoxy) is 1. The summed E-state index contributed by atoms with van der Waals surface area (Å²) < 4.78 is 25.4. The summed E-state index contributed by atoms with van der Waals surface area (Å²) in [6.07, 6.45) is 1.36. The molecule has 1 N–H and O–H groups in total. The number of nitrogens with zero attached hydrogens (tertiary/aromatic N) is 2. The average molecular weight is 547 g/mol. The Morgan fingerprint density at radius 1 is 1.24 bits per heavy atom. The summed E-state index contributed by atoms with van der Waals surface area (Å²) in [5.74, 6) is -0.728. The standard InChI is InChI=1S/C23H14BrClFN3O5/c24-17-7-13(8-18(25)22(17)33-12-14-3-1-2-4-19(14)26)11-27-28-23(30)21-10-15-9-16(29(31)32)5-6-20(15)34-21/h1-11H,12H2,(H,28,30)/b27-11-. The summed E-state index contributed by atoms with van der Waals surface area (Å²) in [5, 5.41) is 15.5. The predicted molar refractivity (Wildman–Crippen MR) is 128 cm³/mol. The van der Waals surface area contributed by atoms with Gasteiger partial charge in [0.25, 0.3) is 5.69 Å². The SMILES string of the molecule is O=C(N/N=C\c1cc(Cl)c(OCc2ccccc2F)c(Br)c1)c1cc2cc([N+](=O)[O-])ccc2o1. The van der Waals surface area contributed by atoms with Crippen molar-refractivity contribution < 1.29 is 23.3 Å². The van der Waals surface area contributed by atoms with Crippen LogP contribution < -0.4 is 10.2 Å². The van der Waals surface area contributed by atoms with Crippen LogP contribution in [-0.2, 0) is 6.61 Å². The molecule has 3 aromatic carbocycles. The first kappa shape index (κ1) is 23.4. The van der Waals surface area contributed by atoms with E-state index in [9.17, 15) is 19.3 Å². The Balaban J connectivity index is 1.42. The van der Waals surface area contributed by atoms with Crippen molar-refractivity contribution in [3.8, 4) is 5.75 Å². The molecule has 0 saturated heterocycles. The van der Waals surface area contributed by atoms with Crippen LogP contribution in [0.5, 0.6) is 5.75 Å². The fourth-order valence-corrected chi connectivity index (χ4v) is 4.02. The Labute approximate surface area is 205 Å². The molecular formula is C23H14BrClFN3O5. The number of nitrogens with one attached hydrogen (secondary N) is 1. The molecule has 0 saturated carbocycles. The number of carbonyl (C=O) groups excluding carboxylic acids is 1. The van der Waals surface area contributed by atoms with Crippen LogP contribution in [-0.4, -0.2) is 17.0 Å². The van der Waals surface area contributed by atoms with Gasteiger partial charge in [-0.05, 0) is 51.8 Å². The lowest BCUT2D eigenvalue weighted by molar-refractivity contribution is -0.384. The number of hydrogen-bond donors (Lipinski definition) is 1.